The quantitative estimate of drug-likeness (QED) is 0.658. The fraction of sp³-hybridized carbons (Fsp3) is 0.462. The number of aliphatic hydroxyl groups is 1. The second-order valence-electron chi connectivity index (χ2n) is 4.32. The average molecular weight is 289 g/mol. The SMILES string of the molecule is CC(C)NCC(O)CONC(=O)c1ccccc1.Cl. The first kappa shape index (κ1) is 17.9. The van der Waals surface area contributed by atoms with Crippen molar-refractivity contribution < 1.29 is 14.7 Å². The van der Waals surface area contributed by atoms with Crippen LogP contribution in [0.15, 0.2) is 30.3 Å². The molecule has 5 nitrogen and oxygen atoms in total. The Morgan fingerprint density at radius 2 is 1.95 bits per heavy atom. The Balaban J connectivity index is 0.00000324. The molecule has 0 aliphatic heterocycles. The summed E-state index contributed by atoms with van der Waals surface area (Å²) in [6.45, 7) is 4.46. The molecule has 0 aliphatic rings. The Morgan fingerprint density at radius 3 is 2.53 bits per heavy atom. The van der Waals surface area contributed by atoms with Crippen LogP contribution >= 0.6 is 12.4 Å². The number of hydrogen-bond donors (Lipinski definition) is 3. The molecule has 0 aromatic heterocycles. The minimum absolute atomic E-state index is 0. The fourth-order valence-electron chi connectivity index (χ4n) is 1.28. The highest BCUT2D eigenvalue weighted by atomic mass is 35.5. The zero-order chi connectivity index (χ0) is 13.4. The Labute approximate surface area is 119 Å². The number of nitrogens with one attached hydrogen (secondary N) is 2. The van der Waals surface area contributed by atoms with Crippen molar-refractivity contribution in [1.82, 2.24) is 10.8 Å². The van der Waals surface area contributed by atoms with Gasteiger partial charge in [0.1, 0.15) is 6.61 Å². The number of carbonyl (C=O) groups is 1. The van der Waals surface area contributed by atoms with E-state index in [1.165, 1.54) is 0 Å². The van der Waals surface area contributed by atoms with Crippen molar-refractivity contribution in [3.05, 3.63) is 35.9 Å². The maximum absolute atomic E-state index is 11.6. The number of carbonyl (C=O) groups excluding carboxylic acids is 1. The van der Waals surface area contributed by atoms with E-state index in [0.717, 1.165) is 0 Å². The summed E-state index contributed by atoms with van der Waals surface area (Å²) in [5.41, 5.74) is 2.81. The Morgan fingerprint density at radius 1 is 1.32 bits per heavy atom. The molecule has 0 aliphatic carbocycles. The molecular weight excluding hydrogens is 268 g/mol. The number of halogens is 1. The summed E-state index contributed by atoms with van der Waals surface area (Å²) in [5, 5.41) is 12.6. The standard InChI is InChI=1S/C13H20N2O3.ClH/c1-10(2)14-8-12(16)9-18-15-13(17)11-6-4-3-5-7-11;/h3-7,10,12,14,16H,8-9H2,1-2H3,(H,15,17);1H. The van der Waals surface area contributed by atoms with Gasteiger partial charge in [0.2, 0.25) is 0 Å². The van der Waals surface area contributed by atoms with Crippen molar-refractivity contribution in [2.24, 2.45) is 0 Å². The zero-order valence-electron chi connectivity index (χ0n) is 11.1. The Hall–Kier alpha value is -1.14. The first-order valence-corrected chi connectivity index (χ1v) is 5.98. The van der Waals surface area contributed by atoms with Gasteiger partial charge in [-0.3, -0.25) is 9.63 Å². The molecule has 0 heterocycles. The van der Waals surface area contributed by atoms with Gasteiger partial charge in [-0.1, -0.05) is 32.0 Å². The molecule has 1 aromatic carbocycles. The number of aliphatic hydroxyl groups excluding tert-OH is 1. The zero-order valence-corrected chi connectivity index (χ0v) is 11.9. The number of rotatable bonds is 7. The van der Waals surface area contributed by atoms with Crippen LogP contribution in [0.1, 0.15) is 24.2 Å². The van der Waals surface area contributed by atoms with Crippen molar-refractivity contribution in [1.29, 1.82) is 0 Å². The predicted molar refractivity (Wildman–Crippen MR) is 76.3 cm³/mol. The monoisotopic (exact) mass is 288 g/mol. The van der Waals surface area contributed by atoms with Gasteiger partial charge < -0.3 is 10.4 Å². The summed E-state index contributed by atoms with van der Waals surface area (Å²) in [6, 6.07) is 9.06. The minimum Gasteiger partial charge on any atom is -0.389 e. The molecule has 1 aromatic rings. The second-order valence-corrected chi connectivity index (χ2v) is 4.32. The maximum Gasteiger partial charge on any atom is 0.274 e. The van der Waals surface area contributed by atoms with E-state index in [1.54, 1.807) is 24.3 Å². The van der Waals surface area contributed by atoms with Crippen LogP contribution in [0, 0.1) is 0 Å². The maximum atomic E-state index is 11.6. The number of hydroxylamine groups is 1. The van der Waals surface area contributed by atoms with Gasteiger partial charge in [-0.15, -0.1) is 12.4 Å². The fourth-order valence-corrected chi connectivity index (χ4v) is 1.28. The first-order valence-electron chi connectivity index (χ1n) is 5.98. The Kier molecular flexibility index (Phi) is 9.16. The smallest absolute Gasteiger partial charge is 0.274 e. The molecule has 1 amide bonds. The van der Waals surface area contributed by atoms with Crippen molar-refractivity contribution in [2.45, 2.75) is 26.0 Å². The third-order valence-corrected chi connectivity index (χ3v) is 2.24. The lowest BCUT2D eigenvalue weighted by molar-refractivity contribution is -0.0124. The average Bonchev–Trinajstić information content (AvgIpc) is 2.37. The van der Waals surface area contributed by atoms with E-state index in [-0.39, 0.29) is 24.9 Å². The molecule has 0 saturated heterocycles. The van der Waals surface area contributed by atoms with E-state index in [1.807, 2.05) is 19.9 Å². The lowest BCUT2D eigenvalue weighted by atomic mass is 10.2. The molecular formula is C13H21ClN2O3. The number of amides is 1. The van der Waals surface area contributed by atoms with Gasteiger partial charge >= 0.3 is 0 Å². The van der Waals surface area contributed by atoms with Crippen LogP contribution in [0.3, 0.4) is 0 Å². The highest BCUT2D eigenvalue weighted by Gasteiger charge is 2.08. The lowest BCUT2D eigenvalue weighted by Gasteiger charge is -2.14. The van der Waals surface area contributed by atoms with E-state index in [9.17, 15) is 9.90 Å². The predicted octanol–water partition coefficient (Wildman–Crippen LogP) is 1.13. The molecule has 1 rings (SSSR count). The van der Waals surface area contributed by atoms with E-state index in [2.05, 4.69) is 10.8 Å². The summed E-state index contributed by atoms with van der Waals surface area (Å²) in [5.74, 6) is -0.320. The largest absolute Gasteiger partial charge is 0.389 e. The summed E-state index contributed by atoms with van der Waals surface area (Å²) in [4.78, 5) is 16.5. The van der Waals surface area contributed by atoms with Crippen LogP contribution in [-0.2, 0) is 4.84 Å². The van der Waals surface area contributed by atoms with Gasteiger partial charge in [-0.25, -0.2) is 5.48 Å². The molecule has 0 radical (unpaired) electrons. The Bertz CT molecular complexity index is 360. The molecule has 0 saturated carbocycles. The molecule has 0 fully saturated rings. The van der Waals surface area contributed by atoms with Crippen molar-refractivity contribution in [3.63, 3.8) is 0 Å². The highest BCUT2D eigenvalue weighted by molar-refractivity contribution is 5.93. The molecule has 0 spiro atoms. The second kappa shape index (κ2) is 9.75. The van der Waals surface area contributed by atoms with Gasteiger partial charge in [0.25, 0.3) is 5.91 Å². The molecule has 1 atom stereocenters. The third kappa shape index (κ3) is 7.79. The third-order valence-electron chi connectivity index (χ3n) is 2.24. The summed E-state index contributed by atoms with van der Waals surface area (Å²) >= 11 is 0. The lowest BCUT2D eigenvalue weighted by Crippen LogP contribution is -2.36. The molecule has 6 heteroatoms. The van der Waals surface area contributed by atoms with Crippen LogP contribution in [0.4, 0.5) is 0 Å². The topological polar surface area (TPSA) is 70.6 Å². The molecule has 108 valence electrons. The minimum atomic E-state index is -0.650. The van der Waals surface area contributed by atoms with E-state index < -0.39 is 6.10 Å². The summed E-state index contributed by atoms with van der Waals surface area (Å²) in [7, 11) is 0. The molecule has 0 bridgehead atoms. The van der Waals surface area contributed by atoms with E-state index in [4.69, 9.17) is 4.84 Å². The van der Waals surface area contributed by atoms with Crippen LogP contribution in [0.5, 0.6) is 0 Å². The van der Waals surface area contributed by atoms with Crippen LogP contribution in [0.25, 0.3) is 0 Å². The summed E-state index contributed by atoms with van der Waals surface area (Å²) in [6.07, 6.45) is -0.650. The molecule has 3 N–H and O–H groups in total. The number of benzene rings is 1. The number of hydrogen-bond acceptors (Lipinski definition) is 4. The van der Waals surface area contributed by atoms with Gasteiger partial charge in [0.05, 0.1) is 6.10 Å². The van der Waals surface area contributed by atoms with Gasteiger partial charge in [-0.05, 0) is 12.1 Å². The van der Waals surface area contributed by atoms with Crippen LogP contribution < -0.4 is 10.8 Å². The summed E-state index contributed by atoms with van der Waals surface area (Å²) < 4.78 is 0. The molecule has 1 unspecified atom stereocenters. The van der Waals surface area contributed by atoms with E-state index in [0.29, 0.717) is 18.2 Å². The normalized spacial score (nSPS) is 11.8. The van der Waals surface area contributed by atoms with Gasteiger partial charge in [-0.2, -0.15) is 0 Å². The van der Waals surface area contributed by atoms with Crippen molar-refractivity contribution in [2.75, 3.05) is 13.2 Å². The van der Waals surface area contributed by atoms with Crippen molar-refractivity contribution >= 4 is 18.3 Å². The first-order chi connectivity index (χ1) is 8.59. The van der Waals surface area contributed by atoms with Crippen LogP contribution in [-0.4, -0.2) is 36.3 Å². The van der Waals surface area contributed by atoms with Gasteiger partial charge in [0, 0.05) is 18.2 Å². The van der Waals surface area contributed by atoms with Crippen LogP contribution in [0.2, 0.25) is 0 Å². The highest BCUT2D eigenvalue weighted by Crippen LogP contribution is 1.97. The van der Waals surface area contributed by atoms with Crippen molar-refractivity contribution in [3.8, 4) is 0 Å². The van der Waals surface area contributed by atoms with E-state index >= 15 is 0 Å². The van der Waals surface area contributed by atoms with Gasteiger partial charge in [0.15, 0.2) is 0 Å². The molecule has 19 heavy (non-hydrogen) atoms.